The van der Waals surface area contributed by atoms with Crippen LogP contribution in [0.4, 0.5) is 4.39 Å². The van der Waals surface area contributed by atoms with E-state index >= 15 is 0 Å². The number of benzene rings is 2. The first-order valence-electron chi connectivity index (χ1n) is 9.86. The van der Waals surface area contributed by atoms with E-state index in [1.807, 2.05) is 23.1 Å². The van der Waals surface area contributed by atoms with Crippen LogP contribution in [-0.4, -0.2) is 40.7 Å². The van der Waals surface area contributed by atoms with Gasteiger partial charge in [0.15, 0.2) is 0 Å². The fraction of sp³-hybridized carbons (Fsp3) is 0.364. The van der Waals surface area contributed by atoms with Gasteiger partial charge in [-0.15, -0.1) is 11.8 Å². The van der Waals surface area contributed by atoms with Gasteiger partial charge in [0, 0.05) is 37.2 Å². The van der Waals surface area contributed by atoms with Crippen molar-refractivity contribution in [3.05, 3.63) is 54.3 Å². The van der Waals surface area contributed by atoms with Crippen LogP contribution in [0.1, 0.15) is 25.7 Å². The van der Waals surface area contributed by atoms with Crippen LogP contribution < -0.4 is 4.74 Å². The number of thiazole rings is 1. The Morgan fingerprint density at radius 1 is 1.21 bits per heavy atom. The molecule has 0 radical (unpaired) electrons. The molecule has 0 unspecified atom stereocenters. The van der Waals surface area contributed by atoms with Gasteiger partial charge in [0.05, 0.1) is 10.2 Å². The fourth-order valence-electron chi connectivity index (χ4n) is 3.38. The second-order valence-electron chi connectivity index (χ2n) is 7.05. The lowest BCUT2D eigenvalue weighted by Crippen LogP contribution is -2.41. The molecule has 152 valence electrons. The summed E-state index contributed by atoms with van der Waals surface area (Å²) in [6.07, 6.45) is 3.13. The molecule has 0 saturated carbocycles. The van der Waals surface area contributed by atoms with Gasteiger partial charge in [0.25, 0.3) is 5.19 Å². The highest BCUT2D eigenvalue weighted by atomic mass is 32.2. The maximum absolute atomic E-state index is 13.3. The SMILES string of the molecule is O=C(CCCSc1ccccc1)N1CCC(Oc2nc3ccc(F)cc3s2)CC1. The summed E-state index contributed by atoms with van der Waals surface area (Å²) < 4.78 is 20.1. The Kier molecular flexibility index (Phi) is 6.67. The van der Waals surface area contributed by atoms with E-state index in [1.54, 1.807) is 17.8 Å². The van der Waals surface area contributed by atoms with E-state index in [9.17, 15) is 9.18 Å². The molecule has 1 aromatic heterocycles. The van der Waals surface area contributed by atoms with Crippen LogP contribution in [0, 0.1) is 5.82 Å². The number of nitrogens with zero attached hydrogens (tertiary/aromatic N) is 2. The molecule has 1 fully saturated rings. The third-order valence-electron chi connectivity index (χ3n) is 4.94. The van der Waals surface area contributed by atoms with E-state index in [0.29, 0.717) is 11.6 Å². The summed E-state index contributed by atoms with van der Waals surface area (Å²) >= 11 is 3.16. The van der Waals surface area contributed by atoms with E-state index in [1.165, 1.54) is 28.4 Å². The predicted octanol–water partition coefficient (Wildman–Crippen LogP) is 5.38. The highest BCUT2D eigenvalue weighted by Crippen LogP contribution is 2.30. The Labute approximate surface area is 178 Å². The third kappa shape index (κ3) is 5.48. The van der Waals surface area contributed by atoms with Crippen molar-refractivity contribution in [2.45, 2.75) is 36.7 Å². The summed E-state index contributed by atoms with van der Waals surface area (Å²) in [7, 11) is 0. The Morgan fingerprint density at radius 3 is 2.79 bits per heavy atom. The molecule has 1 saturated heterocycles. The summed E-state index contributed by atoms with van der Waals surface area (Å²) in [5.41, 5.74) is 0.757. The number of thioether (sulfide) groups is 1. The molecule has 4 nitrogen and oxygen atoms in total. The van der Waals surface area contributed by atoms with Crippen molar-refractivity contribution in [3.63, 3.8) is 0 Å². The summed E-state index contributed by atoms with van der Waals surface area (Å²) in [5.74, 6) is 0.919. The molecule has 1 aliphatic rings. The second kappa shape index (κ2) is 9.59. The molecule has 2 heterocycles. The van der Waals surface area contributed by atoms with Crippen molar-refractivity contribution in [1.82, 2.24) is 9.88 Å². The molecule has 0 N–H and O–H groups in total. The number of likely N-dealkylation sites (tertiary alicyclic amines) is 1. The maximum Gasteiger partial charge on any atom is 0.274 e. The zero-order valence-corrected chi connectivity index (χ0v) is 17.7. The van der Waals surface area contributed by atoms with Gasteiger partial charge in [-0.25, -0.2) is 9.37 Å². The van der Waals surface area contributed by atoms with Crippen molar-refractivity contribution in [2.75, 3.05) is 18.8 Å². The molecule has 0 spiro atoms. The van der Waals surface area contributed by atoms with Crippen molar-refractivity contribution >= 4 is 39.2 Å². The van der Waals surface area contributed by atoms with E-state index < -0.39 is 0 Å². The molecular formula is C22H23FN2O2S2. The number of aromatic nitrogens is 1. The smallest absolute Gasteiger partial charge is 0.274 e. The van der Waals surface area contributed by atoms with Gasteiger partial charge >= 0.3 is 0 Å². The molecule has 29 heavy (non-hydrogen) atoms. The maximum atomic E-state index is 13.3. The number of hydrogen-bond donors (Lipinski definition) is 0. The molecule has 0 aliphatic carbocycles. The van der Waals surface area contributed by atoms with Crippen LogP contribution in [0.3, 0.4) is 0 Å². The Hall–Kier alpha value is -2.12. The van der Waals surface area contributed by atoms with Crippen LogP contribution in [0.25, 0.3) is 10.2 Å². The van der Waals surface area contributed by atoms with Gasteiger partial charge in [-0.1, -0.05) is 29.5 Å². The van der Waals surface area contributed by atoms with Gasteiger partial charge in [-0.2, -0.15) is 0 Å². The summed E-state index contributed by atoms with van der Waals surface area (Å²) in [4.78, 5) is 20.1. The first-order chi connectivity index (χ1) is 14.2. The minimum Gasteiger partial charge on any atom is -0.467 e. The van der Waals surface area contributed by atoms with E-state index in [0.717, 1.165) is 48.3 Å². The van der Waals surface area contributed by atoms with Crippen molar-refractivity contribution < 1.29 is 13.9 Å². The molecule has 4 rings (SSSR count). The number of ether oxygens (including phenoxy) is 1. The Bertz CT molecular complexity index is 956. The number of carbonyl (C=O) groups excluding carboxylic acids is 1. The molecular weight excluding hydrogens is 407 g/mol. The molecule has 1 amide bonds. The number of rotatable bonds is 7. The monoisotopic (exact) mass is 430 g/mol. The minimum atomic E-state index is -0.262. The van der Waals surface area contributed by atoms with Gasteiger partial charge in [0.1, 0.15) is 11.9 Å². The summed E-state index contributed by atoms with van der Waals surface area (Å²) in [6, 6.07) is 14.8. The average molecular weight is 431 g/mol. The standard InChI is InChI=1S/C22H23FN2O2S2/c23-16-8-9-19-20(15-16)29-22(24-19)27-17-10-12-25(13-11-17)21(26)7-4-14-28-18-5-2-1-3-6-18/h1-3,5-6,8-9,15,17H,4,7,10-14H2. The van der Waals surface area contributed by atoms with Crippen molar-refractivity contribution in [2.24, 2.45) is 0 Å². The van der Waals surface area contributed by atoms with E-state index in [2.05, 4.69) is 17.1 Å². The topological polar surface area (TPSA) is 42.4 Å². The van der Waals surface area contributed by atoms with Gasteiger partial charge < -0.3 is 9.64 Å². The number of fused-ring (bicyclic) bond motifs is 1. The number of halogens is 1. The Morgan fingerprint density at radius 2 is 2.00 bits per heavy atom. The zero-order chi connectivity index (χ0) is 20.1. The van der Waals surface area contributed by atoms with Gasteiger partial charge in [-0.3, -0.25) is 4.79 Å². The van der Waals surface area contributed by atoms with E-state index in [4.69, 9.17) is 4.74 Å². The molecule has 3 aromatic rings. The van der Waals surface area contributed by atoms with Crippen LogP contribution in [-0.2, 0) is 4.79 Å². The molecule has 2 aromatic carbocycles. The van der Waals surface area contributed by atoms with Gasteiger partial charge in [-0.05, 0) is 42.5 Å². The highest BCUT2D eigenvalue weighted by molar-refractivity contribution is 7.99. The van der Waals surface area contributed by atoms with Crippen LogP contribution in [0.2, 0.25) is 0 Å². The van der Waals surface area contributed by atoms with Crippen molar-refractivity contribution in [1.29, 1.82) is 0 Å². The lowest BCUT2D eigenvalue weighted by Gasteiger charge is -2.31. The largest absolute Gasteiger partial charge is 0.467 e. The number of amides is 1. The highest BCUT2D eigenvalue weighted by Gasteiger charge is 2.24. The predicted molar refractivity (Wildman–Crippen MR) is 116 cm³/mol. The van der Waals surface area contributed by atoms with Crippen LogP contribution in [0.15, 0.2) is 53.4 Å². The minimum absolute atomic E-state index is 0.0538. The normalized spacial score (nSPS) is 15.0. The number of piperidine rings is 1. The molecule has 7 heteroatoms. The van der Waals surface area contributed by atoms with E-state index in [-0.39, 0.29) is 17.8 Å². The van der Waals surface area contributed by atoms with Crippen molar-refractivity contribution in [3.8, 4) is 5.19 Å². The summed E-state index contributed by atoms with van der Waals surface area (Å²) in [6.45, 7) is 1.43. The first kappa shape index (κ1) is 20.2. The second-order valence-corrected chi connectivity index (χ2v) is 9.22. The third-order valence-corrected chi connectivity index (χ3v) is 6.95. The zero-order valence-electron chi connectivity index (χ0n) is 16.1. The fourth-order valence-corrected chi connectivity index (χ4v) is 5.16. The number of hydrogen-bond acceptors (Lipinski definition) is 5. The molecule has 0 atom stereocenters. The van der Waals surface area contributed by atoms with Crippen LogP contribution >= 0.6 is 23.1 Å². The summed E-state index contributed by atoms with van der Waals surface area (Å²) in [5, 5.41) is 0.577. The molecule has 0 bridgehead atoms. The Balaban J connectivity index is 1.19. The first-order valence-corrected chi connectivity index (χ1v) is 11.7. The lowest BCUT2D eigenvalue weighted by molar-refractivity contribution is -0.133. The molecule has 1 aliphatic heterocycles. The van der Waals surface area contributed by atoms with Crippen LogP contribution in [0.5, 0.6) is 5.19 Å². The lowest BCUT2D eigenvalue weighted by atomic mass is 10.1. The van der Waals surface area contributed by atoms with Gasteiger partial charge in [0.2, 0.25) is 5.91 Å². The average Bonchev–Trinajstić information content (AvgIpc) is 3.13. The quantitative estimate of drug-likeness (QED) is 0.373. The number of carbonyl (C=O) groups is 1.